The second-order valence-corrected chi connectivity index (χ2v) is 7.58. The maximum Gasteiger partial charge on any atom is 0.131 e. The summed E-state index contributed by atoms with van der Waals surface area (Å²) in [7, 11) is 0. The van der Waals surface area contributed by atoms with Gasteiger partial charge >= 0.3 is 0 Å². The largest absolute Gasteiger partial charge is 0.388 e. The van der Waals surface area contributed by atoms with Crippen LogP contribution in [0.15, 0.2) is 12.1 Å². The van der Waals surface area contributed by atoms with Crippen molar-refractivity contribution in [1.29, 1.82) is 0 Å². The van der Waals surface area contributed by atoms with Crippen LogP contribution in [0.2, 0.25) is 0 Å². The lowest BCUT2D eigenvalue weighted by atomic mass is 9.50. The minimum atomic E-state index is -0.778. The summed E-state index contributed by atoms with van der Waals surface area (Å²) in [5, 5.41) is 10.8. The average molecular weight is 292 g/mol. The van der Waals surface area contributed by atoms with E-state index in [1.807, 2.05) is 0 Å². The molecule has 0 amide bonds. The molecule has 0 aromatic heterocycles. The smallest absolute Gasteiger partial charge is 0.131 e. The monoisotopic (exact) mass is 292 g/mol. The predicted octanol–water partition coefficient (Wildman–Crippen LogP) is 4.38. The van der Waals surface area contributed by atoms with Gasteiger partial charge in [-0.05, 0) is 80.2 Å². The number of rotatable bonds is 2. The van der Waals surface area contributed by atoms with E-state index in [0.29, 0.717) is 23.0 Å². The van der Waals surface area contributed by atoms with Gasteiger partial charge in [-0.25, -0.2) is 8.78 Å². The van der Waals surface area contributed by atoms with Crippen LogP contribution in [0.1, 0.15) is 49.3 Å². The number of aliphatic hydroxyl groups excluding tert-OH is 1. The molecule has 4 aliphatic rings. The molecule has 21 heavy (non-hydrogen) atoms. The molecule has 1 aromatic carbocycles. The Morgan fingerprint density at radius 2 is 1.52 bits per heavy atom. The Morgan fingerprint density at radius 1 is 0.952 bits per heavy atom. The molecule has 1 N–H and O–H groups in total. The molecule has 0 aliphatic heterocycles. The fraction of sp³-hybridized carbons (Fsp3) is 0.667. The van der Waals surface area contributed by atoms with E-state index in [9.17, 15) is 13.9 Å². The summed E-state index contributed by atoms with van der Waals surface area (Å²) in [5.41, 5.74) is 0.709. The third-order valence-corrected chi connectivity index (χ3v) is 6.26. The third-order valence-electron chi connectivity index (χ3n) is 6.26. The highest BCUT2D eigenvalue weighted by molar-refractivity contribution is 5.28. The van der Waals surface area contributed by atoms with Crippen LogP contribution in [0.4, 0.5) is 8.78 Å². The first kappa shape index (κ1) is 13.7. The van der Waals surface area contributed by atoms with Gasteiger partial charge in [-0.2, -0.15) is 0 Å². The van der Waals surface area contributed by atoms with Crippen molar-refractivity contribution in [3.63, 3.8) is 0 Å². The molecule has 4 bridgehead atoms. The van der Waals surface area contributed by atoms with Gasteiger partial charge in [0.05, 0.1) is 6.10 Å². The van der Waals surface area contributed by atoms with Gasteiger partial charge in [0.1, 0.15) is 11.6 Å². The molecular weight excluding hydrogens is 270 g/mol. The van der Waals surface area contributed by atoms with E-state index >= 15 is 0 Å². The van der Waals surface area contributed by atoms with Gasteiger partial charge < -0.3 is 5.11 Å². The lowest BCUT2D eigenvalue weighted by Gasteiger charge is -2.55. The zero-order valence-electron chi connectivity index (χ0n) is 12.4. The molecular formula is C18H22F2O. The van der Waals surface area contributed by atoms with Gasteiger partial charge in [0.2, 0.25) is 0 Å². The summed E-state index contributed by atoms with van der Waals surface area (Å²) in [6.45, 7) is 1.63. The minimum Gasteiger partial charge on any atom is -0.388 e. The van der Waals surface area contributed by atoms with Crippen LogP contribution in [-0.4, -0.2) is 5.11 Å². The molecule has 4 fully saturated rings. The maximum absolute atomic E-state index is 14.1. The molecule has 5 rings (SSSR count). The fourth-order valence-electron chi connectivity index (χ4n) is 5.60. The summed E-state index contributed by atoms with van der Waals surface area (Å²) < 4.78 is 27.5. The molecule has 1 unspecified atom stereocenters. The molecule has 4 aliphatic carbocycles. The van der Waals surface area contributed by atoms with Crippen LogP contribution in [0, 0.1) is 48.1 Å². The Bertz CT molecular complexity index is 541. The first-order valence-electron chi connectivity index (χ1n) is 8.16. The zero-order valence-corrected chi connectivity index (χ0v) is 12.4. The van der Waals surface area contributed by atoms with E-state index in [4.69, 9.17) is 0 Å². The molecule has 114 valence electrons. The summed E-state index contributed by atoms with van der Waals surface area (Å²) in [6, 6.07) is 2.42. The lowest BCUT2D eigenvalue weighted by Crippen LogP contribution is -2.47. The summed E-state index contributed by atoms with van der Waals surface area (Å²) >= 11 is 0. The standard InChI is InChI=1S/C18H22F2O/c1-9-2-14(16(20)8-15(9)19)18(21)17-12-4-10-3-11(6-12)7-13(17)5-10/h2,8,10-13,17-18,21H,3-7H2,1H3. The molecule has 3 heteroatoms. The van der Waals surface area contributed by atoms with Crippen LogP contribution in [-0.2, 0) is 0 Å². The second-order valence-electron chi connectivity index (χ2n) is 7.58. The van der Waals surface area contributed by atoms with Crippen LogP contribution in [0.3, 0.4) is 0 Å². The van der Waals surface area contributed by atoms with Crippen LogP contribution < -0.4 is 0 Å². The summed E-state index contributed by atoms with van der Waals surface area (Å²) in [6.07, 6.45) is 5.35. The predicted molar refractivity (Wildman–Crippen MR) is 76.6 cm³/mol. The van der Waals surface area contributed by atoms with Crippen molar-refractivity contribution < 1.29 is 13.9 Å². The highest BCUT2D eigenvalue weighted by atomic mass is 19.1. The minimum absolute atomic E-state index is 0.164. The van der Waals surface area contributed by atoms with Crippen LogP contribution in [0.5, 0.6) is 0 Å². The van der Waals surface area contributed by atoms with E-state index < -0.39 is 17.7 Å². The van der Waals surface area contributed by atoms with Crippen LogP contribution >= 0.6 is 0 Å². The maximum atomic E-state index is 14.1. The molecule has 0 saturated heterocycles. The van der Waals surface area contributed by atoms with Gasteiger partial charge in [0.15, 0.2) is 0 Å². The van der Waals surface area contributed by atoms with Crippen molar-refractivity contribution in [2.75, 3.05) is 0 Å². The number of hydrogen-bond acceptors (Lipinski definition) is 1. The lowest BCUT2D eigenvalue weighted by molar-refractivity contribution is -0.0916. The highest BCUT2D eigenvalue weighted by Gasteiger charge is 2.50. The number of aryl methyl sites for hydroxylation is 1. The van der Waals surface area contributed by atoms with Gasteiger partial charge in [-0.3, -0.25) is 0 Å². The Balaban J connectivity index is 1.66. The fourth-order valence-corrected chi connectivity index (χ4v) is 5.60. The number of halogens is 2. The van der Waals surface area contributed by atoms with Crippen molar-refractivity contribution >= 4 is 0 Å². The summed E-state index contributed by atoms with van der Waals surface area (Å²) in [5.74, 6) is 1.75. The highest BCUT2D eigenvalue weighted by Crippen LogP contribution is 2.59. The van der Waals surface area contributed by atoms with E-state index in [0.717, 1.165) is 17.9 Å². The van der Waals surface area contributed by atoms with Gasteiger partial charge in [-0.1, -0.05) is 0 Å². The molecule has 0 spiro atoms. The second kappa shape index (κ2) is 4.77. The van der Waals surface area contributed by atoms with E-state index in [1.165, 1.54) is 38.2 Å². The molecule has 1 atom stereocenters. The first-order valence-corrected chi connectivity index (χ1v) is 8.16. The van der Waals surface area contributed by atoms with Crippen molar-refractivity contribution in [3.8, 4) is 0 Å². The molecule has 1 nitrogen and oxygen atoms in total. The van der Waals surface area contributed by atoms with Crippen LogP contribution in [0.25, 0.3) is 0 Å². The van der Waals surface area contributed by atoms with E-state index in [1.54, 1.807) is 6.92 Å². The Hall–Kier alpha value is -0.960. The number of aliphatic hydroxyl groups is 1. The molecule has 0 heterocycles. The van der Waals surface area contributed by atoms with E-state index in [2.05, 4.69) is 0 Å². The Kier molecular flexibility index (Phi) is 3.11. The zero-order chi connectivity index (χ0) is 14.7. The Labute approximate surface area is 124 Å². The van der Waals surface area contributed by atoms with Gasteiger partial charge in [0.25, 0.3) is 0 Å². The van der Waals surface area contributed by atoms with Gasteiger partial charge in [-0.15, -0.1) is 0 Å². The molecule has 4 saturated carbocycles. The topological polar surface area (TPSA) is 20.2 Å². The van der Waals surface area contributed by atoms with E-state index in [-0.39, 0.29) is 5.92 Å². The van der Waals surface area contributed by atoms with Crippen molar-refractivity contribution in [1.82, 2.24) is 0 Å². The van der Waals surface area contributed by atoms with Crippen molar-refractivity contribution in [3.05, 3.63) is 34.9 Å². The average Bonchev–Trinajstić information content (AvgIpc) is 2.41. The van der Waals surface area contributed by atoms with Crippen molar-refractivity contribution in [2.24, 2.45) is 29.6 Å². The third kappa shape index (κ3) is 2.12. The molecule has 0 radical (unpaired) electrons. The van der Waals surface area contributed by atoms with Gasteiger partial charge in [0, 0.05) is 11.6 Å². The normalized spacial score (nSPS) is 38.8. The van der Waals surface area contributed by atoms with Crippen molar-refractivity contribution in [2.45, 2.75) is 45.1 Å². The molecule has 1 aromatic rings. The quantitative estimate of drug-likeness (QED) is 0.857. The Morgan fingerprint density at radius 3 is 2.10 bits per heavy atom. The summed E-state index contributed by atoms with van der Waals surface area (Å²) in [4.78, 5) is 0. The first-order chi connectivity index (χ1) is 10.0. The SMILES string of the molecule is Cc1cc(C(O)C2C3CC4CC(C3)CC2C4)c(F)cc1F. The number of benzene rings is 1. The number of hydrogen-bond donors (Lipinski definition) is 1.